The molecule has 1 N–H and O–H groups in total. The van der Waals surface area contributed by atoms with Gasteiger partial charge in [0.25, 0.3) is 0 Å². The zero-order valence-electron chi connectivity index (χ0n) is 6.46. The van der Waals surface area contributed by atoms with Crippen molar-refractivity contribution in [2.24, 2.45) is 11.8 Å². The van der Waals surface area contributed by atoms with E-state index < -0.39 is 0 Å². The topological polar surface area (TPSA) is 20.2 Å². The van der Waals surface area contributed by atoms with E-state index in [4.69, 9.17) is 5.11 Å². The molecule has 0 fully saturated rings. The quantitative estimate of drug-likeness (QED) is 0.579. The van der Waals surface area contributed by atoms with Crippen LogP contribution in [0, 0.1) is 11.8 Å². The van der Waals surface area contributed by atoms with Gasteiger partial charge in [0, 0.05) is 0 Å². The largest absolute Gasteiger partial charge is 0.516 e. The summed E-state index contributed by atoms with van der Waals surface area (Å²) in [5, 5.41) is 8.40. The Labute approximate surface area is 57.4 Å². The summed E-state index contributed by atoms with van der Waals surface area (Å²) in [5.41, 5.74) is 0. The van der Waals surface area contributed by atoms with Gasteiger partial charge in [0.15, 0.2) is 0 Å². The van der Waals surface area contributed by atoms with Crippen molar-refractivity contribution in [2.75, 3.05) is 0 Å². The summed E-state index contributed by atoms with van der Waals surface area (Å²) >= 11 is 0. The van der Waals surface area contributed by atoms with Crippen LogP contribution in [-0.4, -0.2) is 5.11 Å². The van der Waals surface area contributed by atoms with Crippen molar-refractivity contribution >= 4 is 0 Å². The summed E-state index contributed by atoms with van der Waals surface area (Å²) in [7, 11) is 0. The monoisotopic (exact) mass is 128 g/mol. The van der Waals surface area contributed by atoms with E-state index >= 15 is 0 Å². The third-order valence-electron chi connectivity index (χ3n) is 1.93. The van der Waals surface area contributed by atoms with Crippen LogP contribution in [0.3, 0.4) is 0 Å². The minimum absolute atomic E-state index is 0.500. The highest BCUT2D eigenvalue weighted by Crippen LogP contribution is 2.14. The first kappa shape index (κ1) is 8.54. The minimum atomic E-state index is 0.500. The van der Waals surface area contributed by atoms with E-state index in [-0.39, 0.29) is 0 Å². The fraction of sp³-hybridized carbons (Fsp3) is 0.750. The summed E-state index contributed by atoms with van der Waals surface area (Å²) in [6.07, 6.45) is 4.14. The predicted molar refractivity (Wildman–Crippen MR) is 40.4 cm³/mol. The summed E-state index contributed by atoms with van der Waals surface area (Å²) in [6, 6.07) is 0. The van der Waals surface area contributed by atoms with Crippen LogP contribution in [0.2, 0.25) is 0 Å². The van der Waals surface area contributed by atoms with Gasteiger partial charge in [-0.05, 0) is 17.9 Å². The molecule has 0 aliphatic carbocycles. The standard InChI is InChI=1S/C8H16O/c1-4-7(2)8(3)5-6-9/h5-9H,4H2,1-3H3/b6-5-. The molecular weight excluding hydrogens is 112 g/mol. The van der Waals surface area contributed by atoms with Gasteiger partial charge in [0.05, 0.1) is 6.26 Å². The summed E-state index contributed by atoms with van der Waals surface area (Å²) in [5.74, 6) is 1.17. The maximum Gasteiger partial charge on any atom is 0.0754 e. The molecule has 2 unspecified atom stereocenters. The number of aliphatic hydroxyl groups is 1. The second kappa shape index (κ2) is 4.42. The molecule has 1 heteroatoms. The first-order valence-electron chi connectivity index (χ1n) is 3.53. The van der Waals surface area contributed by atoms with Gasteiger partial charge in [-0.25, -0.2) is 0 Å². The Bertz CT molecular complexity index is 86.6. The predicted octanol–water partition coefficient (Wildman–Crippen LogP) is 2.74. The molecule has 1 nitrogen and oxygen atoms in total. The molecule has 0 saturated heterocycles. The molecule has 0 bridgehead atoms. The second-order valence-electron chi connectivity index (χ2n) is 2.59. The van der Waals surface area contributed by atoms with Crippen molar-refractivity contribution in [3.63, 3.8) is 0 Å². The van der Waals surface area contributed by atoms with Gasteiger partial charge >= 0.3 is 0 Å². The average molecular weight is 128 g/mol. The van der Waals surface area contributed by atoms with Gasteiger partial charge in [0.2, 0.25) is 0 Å². The van der Waals surface area contributed by atoms with Gasteiger partial charge in [-0.1, -0.05) is 27.2 Å². The fourth-order valence-electron chi connectivity index (χ4n) is 0.697. The Morgan fingerprint density at radius 1 is 1.44 bits per heavy atom. The molecule has 0 aromatic rings. The highest BCUT2D eigenvalue weighted by atomic mass is 16.2. The fourth-order valence-corrected chi connectivity index (χ4v) is 0.697. The second-order valence-corrected chi connectivity index (χ2v) is 2.59. The molecule has 0 aromatic heterocycles. The van der Waals surface area contributed by atoms with Crippen molar-refractivity contribution < 1.29 is 5.11 Å². The Hall–Kier alpha value is -0.460. The smallest absolute Gasteiger partial charge is 0.0754 e. The van der Waals surface area contributed by atoms with Crippen LogP contribution in [0.5, 0.6) is 0 Å². The highest BCUT2D eigenvalue weighted by molar-refractivity contribution is 4.81. The van der Waals surface area contributed by atoms with Gasteiger partial charge in [-0.3, -0.25) is 0 Å². The molecule has 0 aliphatic rings. The molecule has 9 heavy (non-hydrogen) atoms. The molecule has 0 aromatic carbocycles. The lowest BCUT2D eigenvalue weighted by atomic mass is 9.94. The Morgan fingerprint density at radius 3 is 2.33 bits per heavy atom. The van der Waals surface area contributed by atoms with Crippen molar-refractivity contribution in [3.05, 3.63) is 12.3 Å². The molecule has 0 saturated carbocycles. The number of rotatable bonds is 3. The summed E-state index contributed by atoms with van der Waals surface area (Å²) in [4.78, 5) is 0. The van der Waals surface area contributed by atoms with E-state index in [9.17, 15) is 0 Å². The minimum Gasteiger partial charge on any atom is -0.516 e. The molecule has 0 heterocycles. The van der Waals surface area contributed by atoms with E-state index in [1.807, 2.05) is 6.08 Å². The number of hydrogen-bond donors (Lipinski definition) is 1. The number of aliphatic hydroxyl groups excluding tert-OH is 1. The Kier molecular flexibility index (Phi) is 4.20. The maximum absolute atomic E-state index is 8.40. The SMILES string of the molecule is CCC(C)C(C)/C=C\O. The van der Waals surface area contributed by atoms with Gasteiger partial charge < -0.3 is 5.11 Å². The average Bonchev–Trinajstić information content (AvgIpc) is 1.87. The van der Waals surface area contributed by atoms with Crippen LogP contribution in [0.1, 0.15) is 27.2 Å². The van der Waals surface area contributed by atoms with Crippen LogP contribution in [0.15, 0.2) is 12.3 Å². The zero-order chi connectivity index (χ0) is 7.28. The number of allylic oxidation sites excluding steroid dienone is 1. The number of hydrogen-bond acceptors (Lipinski definition) is 1. The first-order valence-corrected chi connectivity index (χ1v) is 3.53. The molecule has 0 rings (SSSR count). The highest BCUT2D eigenvalue weighted by Gasteiger charge is 2.04. The van der Waals surface area contributed by atoms with E-state index in [1.165, 1.54) is 6.42 Å². The Morgan fingerprint density at radius 2 is 2.00 bits per heavy atom. The van der Waals surface area contributed by atoms with Crippen LogP contribution in [0.4, 0.5) is 0 Å². The lowest BCUT2D eigenvalue weighted by Gasteiger charge is -2.12. The van der Waals surface area contributed by atoms with Crippen molar-refractivity contribution in [2.45, 2.75) is 27.2 Å². The van der Waals surface area contributed by atoms with E-state index in [0.717, 1.165) is 6.26 Å². The van der Waals surface area contributed by atoms with E-state index in [2.05, 4.69) is 20.8 Å². The van der Waals surface area contributed by atoms with Crippen LogP contribution in [-0.2, 0) is 0 Å². The molecule has 54 valence electrons. The molecule has 0 spiro atoms. The normalized spacial score (nSPS) is 18.1. The molecule has 2 atom stereocenters. The van der Waals surface area contributed by atoms with Crippen molar-refractivity contribution in [1.29, 1.82) is 0 Å². The van der Waals surface area contributed by atoms with Crippen LogP contribution < -0.4 is 0 Å². The van der Waals surface area contributed by atoms with Gasteiger partial charge in [-0.2, -0.15) is 0 Å². The molecule has 0 radical (unpaired) electrons. The van der Waals surface area contributed by atoms with E-state index in [0.29, 0.717) is 11.8 Å². The summed E-state index contributed by atoms with van der Waals surface area (Å²) in [6.45, 7) is 6.46. The third kappa shape index (κ3) is 3.17. The van der Waals surface area contributed by atoms with Gasteiger partial charge in [-0.15, -0.1) is 0 Å². The maximum atomic E-state index is 8.40. The van der Waals surface area contributed by atoms with E-state index in [1.54, 1.807) is 0 Å². The van der Waals surface area contributed by atoms with Crippen LogP contribution >= 0.6 is 0 Å². The lowest BCUT2D eigenvalue weighted by molar-refractivity contribution is 0.420. The molecular formula is C8H16O. The first-order chi connectivity index (χ1) is 4.22. The van der Waals surface area contributed by atoms with Crippen LogP contribution in [0.25, 0.3) is 0 Å². The summed E-state index contributed by atoms with van der Waals surface area (Å²) < 4.78 is 0. The lowest BCUT2D eigenvalue weighted by Crippen LogP contribution is -2.02. The third-order valence-corrected chi connectivity index (χ3v) is 1.93. The molecule has 0 amide bonds. The zero-order valence-corrected chi connectivity index (χ0v) is 6.46. The van der Waals surface area contributed by atoms with Gasteiger partial charge in [0.1, 0.15) is 0 Å². The van der Waals surface area contributed by atoms with Crippen molar-refractivity contribution in [1.82, 2.24) is 0 Å². The molecule has 0 aliphatic heterocycles. The Balaban J connectivity index is 3.58. The van der Waals surface area contributed by atoms with Crippen molar-refractivity contribution in [3.8, 4) is 0 Å².